The molecule has 0 saturated heterocycles. The molecule has 0 aromatic carbocycles. The van der Waals surface area contributed by atoms with Gasteiger partial charge in [-0.2, -0.15) is 0 Å². The molecule has 0 saturated carbocycles. The Kier molecular flexibility index (Phi) is 3.96. The van der Waals surface area contributed by atoms with Gasteiger partial charge < -0.3 is 5.11 Å². The molecule has 1 heterocycles. The van der Waals surface area contributed by atoms with Gasteiger partial charge in [0, 0.05) is 9.75 Å². The Morgan fingerprint density at radius 3 is 2.71 bits per heavy atom. The Labute approximate surface area is 92.5 Å². The van der Waals surface area contributed by atoms with Gasteiger partial charge in [0.05, 0.1) is 11.4 Å². The first-order valence-electron chi connectivity index (χ1n) is 4.50. The van der Waals surface area contributed by atoms with Crippen molar-refractivity contribution in [2.24, 2.45) is 0 Å². The molecular formula is C10H13ClO2S. The predicted octanol–water partition coefficient (Wildman–Crippen LogP) is 3.54. The van der Waals surface area contributed by atoms with Crippen LogP contribution in [0.3, 0.4) is 0 Å². The third kappa shape index (κ3) is 3.00. The fourth-order valence-electron chi connectivity index (χ4n) is 1.18. The van der Waals surface area contributed by atoms with Gasteiger partial charge in [0.15, 0.2) is 0 Å². The summed E-state index contributed by atoms with van der Waals surface area (Å²) in [6, 6.07) is 1.88. The molecule has 4 heteroatoms. The van der Waals surface area contributed by atoms with Gasteiger partial charge in [0.1, 0.15) is 0 Å². The molecule has 0 radical (unpaired) electrons. The minimum Gasteiger partial charge on any atom is -0.481 e. The van der Waals surface area contributed by atoms with E-state index in [0.717, 1.165) is 14.8 Å². The largest absolute Gasteiger partial charge is 0.481 e. The molecule has 14 heavy (non-hydrogen) atoms. The number of carboxylic acids is 1. The summed E-state index contributed by atoms with van der Waals surface area (Å²) in [5.74, 6) is -0.355. The highest BCUT2D eigenvalue weighted by Gasteiger charge is 2.11. The first-order chi connectivity index (χ1) is 6.50. The molecule has 0 amide bonds. The summed E-state index contributed by atoms with van der Waals surface area (Å²) >= 11 is 7.63. The number of aliphatic carboxylic acids is 1. The predicted molar refractivity (Wildman–Crippen MR) is 59.4 cm³/mol. The minimum absolute atomic E-state index is 0.175. The van der Waals surface area contributed by atoms with Crippen LogP contribution in [0.5, 0.6) is 0 Å². The lowest BCUT2D eigenvalue weighted by Crippen LogP contribution is -1.95. The van der Waals surface area contributed by atoms with E-state index in [0.29, 0.717) is 12.3 Å². The molecule has 1 rings (SSSR count). The fourth-order valence-corrected chi connectivity index (χ4v) is 2.76. The van der Waals surface area contributed by atoms with Gasteiger partial charge in [0.2, 0.25) is 0 Å². The summed E-state index contributed by atoms with van der Waals surface area (Å²) in [6.45, 7) is 4.16. The Morgan fingerprint density at radius 2 is 2.29 bits per heavy atom. The zero-order chi connectivity index (χ0) is 10.7. The average Bonchev–Trinajstić information content (AvgIpc) is 2.43. The highest BCUT2D eigenvalue weighted by molar-refractivity contribution is 7.12. The second kappa shape index (κ2) is 4.80. The normalized spacial score (nSPS) is 10.9. The van der Waals surface area contributed by atoms with Crippen molar-refractivity contribution in [3.05, 3.63) is 20.8 Å². The molecular weight excluding hydrogens is 220 g/mol. The third-order valence-corrected chi connectivity index (χ3v) is 3.79. The van der Waals surface area contributed by atoms with Gasteiger partial charge in [-0.3, -0.25) is 4.79 Å². The maximum Gasteiger partial charge on any atom is 0.303 e. The zero-order valence-electron chi connectivity index (χ0n) is 8.21. The van der Waals surface area contributed by atoms with Crippen molar-refractivity contribution >= 4 is 28.9 Å². The van der Waals surface area contributed by atoms with E-state index in [4.69, 9.17) is 16.7 Å². The molecule has 1 aromatic heterocycles. The van der Waals surface area contributed by atoms with Crippen LogP contribution in [0.25, 0.3) is 0 Å². The summed E-state index contributed by atoms with van der Waals surface area (Å²) in [5, 5.41) is 9.30. The van der Waals surface area contributed by atoms with Crippen LogP contribution in [0.15, 0.2) is 6.07 Å². The van der Waals surface area contributed by atoms with E-state index in [1.807, 2.05) is 6.07 Å². The first-order valence-corrected chi connectivity index (χ1v) is 5.70. The van der Waals surface area contributed by atoms with Crippen LogP contribution in [-0.4, -0.2) is 11.1 Å². The van der Waals surface area contributed by atoms with E-state index < -0.39 is 5.97 Å². The Morgan fingerprint density at radius 1 is 1.64 bits per heavy atom. The lowest BCUT2D eigenvalue weighted by molar-refractivity contribution is -0.136. The van der Waals surface area contributed by atoms with Crippen LogP contribution in [0.2, 0.25) is 5.02 Å². The number of hydrogen-bond donors (Lipinski definition) is 1. The SMILES string of the molecule is CC(C)c1sc(CCC(=O)O)cc1Cl. The van der Waals surface area contributed by atoms with Gasteiger partial charge in [-0.05, 0) is 18.4 Å². The van der Waals surface area contributed by atoms with Crippen LogP contribution in [0.4, 0.5) is 0 Å². The van der Waals surface area contributed by atoms with Crippen LogP contribution in [0.1, 0.15) is 35.9 Å². The van der Waals surface area contributed by atoms with Crippen molar-refractivity contribution in [2.45, 2.75) is 32.6 Å². The zero-order valence-corrected chi connectivity index (χ0v) is 9.78. The van der Waals surface area contributed by atoms with Crippen molar-refractivity contribution in [1.82, 2.24) is 0 Å². The molecule has 0 spiro atoms. The van der Waals surface area contributed by atoms with E-state index >= 15 is 0 Å². The lowest BCUT2D eigenvalue weighted by Gasteiger charge is -1.99. The van der Waals surface area contributed by atoms with Gasteiger partial charge in [0.25, 0.3) is 0 Å². The van der Waals surface area contributed by atoms with Gasteiger partial charge in [-0.25, -0.2) is 0 Å². The van der Waals surface area contributed by atoms with Crippen molar-refractivity contribution < 1.29 is 9.90 Å². The maximum atomic E-state index is 10.4. The smallest absolute Gasteiger partial charge is 0.303 e. The molecule has 2 nitrogen and oxygen atoms in total. The molecule has 0 aliphatic carbocycles. The first kappa shape index (κ1) is 11.5. The Hall–Kier alpha value is -0.540. The molecule has 0 bridgehead atoms. The van der Waals surface area contributed by atoms with Crippen LogP contribution >= 0.6 is 22.9 Å². The highest BCUT2D eigenvalue weighted by atomic mass is 35.5. The second-order valence-electron chi connectivity index (χ2n) is 3.47. The topological polar surface area (TPSA) is 37.3 Å². The number of rotatable bonds is 4. The fraction of sp³-hybridized carbons (Fsp3) is 0.500. The van der Waals surface area contributed by atoms with E-state index in [1.165, 1.54) is 0 Å². The van der Waals surface area contributed by atoms with Crippen molar-refractivity contribution in [2.75, 3.05) is 0 Å². The van der Waals surface area contributed by atoms with E-state index in [9.17, 15) is 4.79 Å². The molecule has 0 unspecified atom stereocenters. The summed E-state index contributed by atoms with van der Waals surface area (Å²) in [5.41, 5.74) is 0. The monoisotopic (exact) mass is 232 g/mol. The van der Waals surface area contributed by atoms with Crippen molar-refractivity contribution in [1.29, 1.82) is 0 Å². The molecule has 0 aliphatic heterocycles. The molecule has 0 fully saturated rings. The minimum atomic E-state index is -0.763. The summed E-state index contributed by atoms with van der Waals surface area (Å²) < 4.78 is 0. The molecule has 78 valence electrons. The number of carbonyl (C=O) groups is 1. The molecule has 1 N–H and O–H groups in total. The van der Waals surface area contributed by atoms with E-state index in [-0.39, 0.29) is 6.42 Å². The molecule has 1 aromatic rings. The average molecular weight is 233 g/mol. The highest BCUT2D eigenvalue weighted by Crippen LogP contribution is 2.33. The Bertz CT molecular complexity index is 331. The molecule has 0 atom stereocenters. The maximum absolute atomic E-state index is 10.4. The second-order valence-corrected chi connectivity index (χ2v) is 5.05. The van der Waals surface area contributed by atoms with Crippen molar-refractivity contribution in [3.63, 3.8) is 0 Å². The number of hydrogen-bond acceptors (Lipinski definition) is 2. The van der Waals surface area contributed by atoms with Gasteiger partial charge >= 0.3 is 5.97 Å². The number of carboxylic acid groups (broad SMARTS) is 1. The van der Waals surface area contributed by atoms with E-state index in [1.54, 1.807) is 11.3 Å². The van der Waals surface area contributed by atoms with Crippen LogP contribution in [0, 0.1) is 0 Å². The summed E-state index contributed by atoms with van der Waals surface area (Å²) in [4.78, 5) is 12.6. The number of halogens is 1. The quantitative estimate of drug-likeness (QED) is 0.862. The number of aryl methyl sites for hydroxylation is 1. The Balaban J connectivity index is 2.71. The molecule has 0 aliphatic rings. The summed E-state index contributed by atoms with van der Waals surface area (Å²) in [6.07, 6.45) is 0.751. The van der Waals surface area contributed by atoms with Crippen LogP contribution in [-0.2, 0) is 11.2 Å². The van der Waals surface area contributed by atoms with Crippen LogP contribution < -0.4 is 0 Å². The standard InChI is InChI=1S/C10H13ClO2S/c1-6(2)10-8(11)5-7(14-10)3-4-9(12)13/h5-6H,3-4H2,1-2H3,(H,12,13). The third-order valence-electron chi connectivity index (χ3n) is 1.87. The van der Waals surface area contributed by atoms with E-state index in [2.05, 4.69) is 13.8 Å². The summed E-state index contributed by atoms with van der Waals surface area (Å²) in [7, 11) is 0. The van der Waals surface area contributed by atoms with Gasteiger partial charge in [-0.15, -0.1) is 11.3 Å². The van der Waals surface area contributed by atoms with Crippen molar-refractivity contribution in [3.8, 4) is 0 Å². The lowest BCUT2D eigenvalue weighted by atomic mass is 10.2. The number of thiophene rings is 1. The van der Waals surface area contributed by atoms with Gasteiger partial charge in [-0.1, -0.05) is 25.4 Å².